The lowest BCUT2D eigenvalue weighted by Crippen LogP contribution is -2.39. The number of amides is 3. The zero-order valence-electron chi connectivity index (χ0n) is 16.3. The Balaban J connectivity index is 1.49. The lowest BCUT2D eigenvalue weighted by Gasteiger charge is -2.30. The highest BCUT2D eigenvalue weighted by Crippen LogP contribution is 2.24. The Labute approximate surface area is 174 Å². The van der Waals surface area contributed by atoms with E-state index in [4.69, 9.17) is 0 Å². The molecule has 2 N–H and O–H groups in total. The average molecular weight is 427 g/mol. The van der Waals surface area contributed by atoms with Crippen LogP contribution in [0.3, 0.4) is 0 Å². The van der Waals surface area contributed by atoms with Gasteiger partial charge in [-0.2, -0.15) is 4.31 Å². The van der Waals surface area contributed by atoms with Crippen LogP contribution >= 0.6 is 0 Å². The summed E-state index contributed by atoms with van der Waals surface area (Å²) in [6.07, 6.45) is 1.86. The summed E-state index contributed by atoms with van der Waals surface area (Å²) in [7, 11) is -3.59. The summed E-state index contributed by atoms with van der Waals surface area (Å²) in [4.78, 5) is 36.0. The van der Waals surface area contributed by atoms with E-state index in [0.29, 0.717) is 24.7 Å². The fourth-order valence-electron chi connectivity index (χ4n) is 3.74. The lowest BCUT2D eigenvalue weighted by atomic mass is 10.0. The van der Waals surface area contributed by atoms with E-state index in [1.807, 2.05) is 6.92 Å². The summed E-state index contributed by atoms with van der Waals surface area (Å²) in [6, 6.07) is 10.2. The van der Waals surface area contributed by atoms with Gasteiger partial charge in [-0.25, -0.2) is 8.42 Å². The van der Waals surface area contributed by atoms with Crippen molar-refractivity contribution in [3.8, 4) is 0 Å². The Morgan fingerprint density at radius 2 is 1.77 bits per heavy atom. The van der Waals surface area contributed by atoms with Crippen LogP contribution < -0.4 is 10.6 Å². The lowest BCUT2D eigenvalue weighted by molar-refractivity contribution is 0.0878. The van der Waals surface area contributed by atoms with Gasteiger partial charge in [-0.1, -0.05) is 6.92 Å². The first-order valence-electron chi connectivity index (χ1n) is 9.67. The molecule has 4 rings (SSSR count). The van der Waals surface area contributed by atoms with Crippen LogP contribution in [0.15, 0.2) is 47.4 Å². The second-order valence-electron chi connectivity index (χ2n) is 7.63. The molecule has 30 heavy (non-hydrogen) atoms. The van der Waals surface area contributed by atoms with Crippen molar-refractivity contribution in [1.82, 2.24) is 9.62 Å². The minimum absolute atomic E-state index is 0.154. The summed E-state index contributed by atoms with van der Waals surface area (Å²) in [5, 5.41) is 4.85. The summed E-state index contributed by atoms with van der Waals surface area (Å²) >= 11 is 0. The Bertz CT molecular complexity index is 1140. The van der Waals surface area contributed by atoms with Gasteiger partial charge < -0.3 is 5.32 Å². The monoisotopic (exact) mass is 427 g/mol. The number of anilines is 1. The van der Waals surface area contributed by atoms with Crippen molar-refractivity contribution in [2.75, 3.05) is 18.4 Å². The molecule has 1 atom stereocenters. The topological polar surface area (TPSA) is 113 Å². The molecule has 0 bridgehead atoms. The molecular weight excluding hydrogens is 406 g/mol. The molecule has 3 amide bonds. The molecule has 156 valence electrons. The normalized spacial score (nSPS) is 19.3. The molecule has 9 heteroatoms. The molecule has 0 radical (unpaired) electrons. The highest BCUT2D eigenvalue weighted by atomic mass is 32.2. The molecule has 2 aromatic rings. The van der Waals surface area contributed by atoms with Crippen LogP contribution in [-0.2, 0) is 10.0 Å². The van der Waals surface area contributed by atoms with Crippen molar-refractivity contribution >= 4 is 33.4 Å². The van der Waals surface area contributed by atoms with Crippen LogP contribution in [0.5, 0.6) is 0 Å². The molecule has 1 fully saturated rings. The molecule has 0 aromatic heterocycles. The van der Waals surface area contributed by atoms with Crippen LogP contribution in [0, 0.1) is 5.92 Å². The summed E-state index contributed by atoms with van der Waals surface area (Å²) in [5.41, 5.74) is 1.11. The fraction of sp³-hybridized carbons (Fsp3) is 0.286. The number of sulfonamides is 1. The molecule has 0 unspecified atom stereocenters. The zero-order valence-corrected chi connectivity index (χ0v) is 17.2. The Morgan fingerprint density at radius 1 is 1.07 bits per heavy atom. The minimum Gasteiger partial charge on any atom is -0.322 e. The SMILES string of the molecule is C[C@H]1CCCN(S(=O)(=O)c2ccc(C(=O)Nc3ccc4c(c3)C(=O)NC4=O)cc2)C1. The third-order valence-electron chi connectivity index (χ3n) is 5.37. The van der Waals surface area contributed by atoms with Gasteiger partial charge in [-0.3, -0.25) is 19.7 Å². The van der Waals surface area contributed by atoms with E-state index in [1.165, 1.54) is 46.8 Å². The third-order valence-corrected chi connectivity index (χ3v) is 7.25. The van der Waals surface area contributed by atoms with Crippen molar-refractivity contribution in [2.45, 2.75) is 24.7 Å². The van der Waals surface area contributed by atoms with Crippen LogP contribution in [0.25, 0.3) is 0 Å². The molecule has 2 aromatic carbocycles. The maximum Gasteiger partial charge on any atom is 0.259 e. The van der Waals surface area contributed by atoms with Crippen molar-refractivity contribution in [3.63, 3.8) is 0 Å². The number of carbonyl (C=O) groups is 3. The van der Waals surface area contributed by atoms with Crippen molar-refractivity contribution in [1.29, 1.82) is 0 Å². The van der Waals surface area contributed by atoms with Gasteiger partial charge in [-0.05, 0) is 61.2 Å². The molecule has 2 aliphatic rings. The number of piperidine rings is 1. The molecule has 1 saturated heterocycles. The molecule has 0 aliphatic carbocycles. The van der Waals surface area contributed by atoms with Gasteiger partial charge >= 0.3 is 0 Å². The van der Waals surface area contributed by atoms with Crippen molar-refractivity contribution < 1.29 is 22.8 Å². The molecule has 2 aliphatic heterocycles. The highest BCUT2D eigenvalue weighted by Gasteiger charge is 2.29. The molecule has 8 nitrogen and oxygen atoms in total. The number of fused-ring (bicyclic) bond motifs is 1. The van der Waals surface area contributed by atoms with E-state index < -0.39 is 27.7 Å². The predicted molar refractivity (Wildman–Crippen MR) is 110 cm³/mol. The van der Waals surface area contributed by atoms with E-state index in [0.717, 1.165) is 12.8 Å². The first kappa shape index (κ1) is 20.2. The molecule has 0 spiro atoms. The Kier molecular flexibility index (Phi) is 5.17. The number of nitrogens with zero attached hydrogens (tertiary/aromatic N) is 1. The van der Waals surface area contributed by atoms with E-state index in [2.05, 4.69) is 10.6 Å². The number of rotatable bonds is 4. The highest BCUT2D eigenvalue weighted by molar-refractivity contribution is 7.89. The number of carbonyl (C=O) groups excluding carboxylic acids is 3. The number of imide groups is 1. The standard InChI is InChI=1S/C21H21N3O5S/c1-13-3-2-10-24(12-13)30(28,29)16-7-4-14(5-8-16)19(25)22-15-6-9-17-18(11-15)21(27)23-20(17)26/h4-9,11,13H,2-3,10,12H2,1H3,(H,22,25)(H,23,26,27)/t13-/m0/s1. The molecule has 0 saturated carbocycles. The molecule has 2 heterocycles. The smallest absolute Gasteiger partial charge is 0.259 e. The van der Waals surface area contributed by atoms with Crippen LogP contribution in [0.1, 0.15) is 50.8 Å². The van der Waals surface area contributed by atoms with Gasteiger partial charge in [0, 0.05) is 24.3 Å². The summed E-state index contributed by atoms with van der Waals surface area (Å²) in [6.45, 7) is 3.04. The van der Waals surface area contributed by atoms with E-state index in [-0.39, 0.29) is 21.6 Å². The van der Waals surface area contributed by atoms with Crippen molar-refractivity contribution in [2.24, 2.45) is 5.92 Å². The second-order valence-corrected chi connectivity index (χ2v) is 9.57. The number of nitrogens with one attached hydrogen (secondary N) is 2. The zero-order chi connectivity index (χ0) is 21.5. The van der Waals surface area contributed by atoms with E-state index >= 15 is 0 Å². The Hall–Kier alpha value is -3.04. The molecular formula is C21H21N3O5S. The van der Waals surface area contributed by atoms with Crippen LogP contribution in [-0.4, -0.2) is 43.5 Å². The quantitative estimate of drug-likeness (QED) is 0.727. The van der Waals surface area contributed by atoms with Crippen LogP contribution in [0.2, 0.25) is 0 Å². The number of hydrogen-bond donors (Lipinski definition) is 2. The first-order valence-corrected chi connectivity index (χ1v) is 11.1. The predicted octanol–water partition coefficient (Wildman–Crippen LogP) is 2.24. The van der Waals surface area contributed by atoms with Gasteiger partial charge in [0.15, 0.2) is 0 Å². The van der Waals surface area contributed by atoms with E-state index in [1.54, 1.807) is 0 Å². The van der Waals surface area contributed by atoms with Crippen LogP contribution in [0.4, 0.5) is 5.69 Å². The largest absolute Gasteiger partial charge is 0.322 e. The number of hydrogen-bond acceptors (Lipinski definition) is 5. The average Bonchev–Trinajstić information content (AvgIpc) is 3.01. The fourth-order valence-corrected chi connectivity index (χ4v) is 5.34. The Morgan fingerprint density at radius 3 is 2.47 bits per heavy atom. The van der Waals surface area contributed by atoms with Gasteiger partial charge in [0.2, 0.25) is 10.0 Å². The van der Waals surface area contributed by atoms with Crippen molar-refractivity contribution in [3.05, 3.63) is 59.2 Å². The van der Waals surface area contributed by atoms with Gasteiger partial charge in [-0.15, -0.1) is 0 Å². The second kappa shape index (κ2) is 7.66. The van der Waals surface area contributed by atoms with Gasteiger partial charge in [0.1, 0.15) is 0 Å². The number of benzene rings is 2. The van der Waals surface area contributed by atoms with Gasteiger partial charge in [0.05, 0.1) is 16.0 Å². The first-order chi connectivity index (χ1) is 14.3. The summed E-state index contributed by atoms with van der Waals surface area (Å²) < 4.78 is 27.2. The minimum atomic E-state index is -3.59. The summed E-state index contributed by atoms with van der Waals surface area (Å²) in [5.74, 6) is -1.10. The maximum absolute atomic E-state index is 12.8. The van der Waals surface area contributed by atoms with Gasteiger partial charge in [0.25, 0.3) is 17.7 Å². The third kappa shape index (κ3) is 3.73. The maximum atomic E-state index is 12.8. The van der Waals surface area contributed by atoms with E-state index in [9.17, 15) is 22.8 Å².